The van der Waals surface area contributed by atoms with Crippen molar-refractivity contribution in [3.63, 3.8) is 0 Å². The van der Waals surface area contributed by atoms with Crippen LogP contribution in [-0.2, 0) is 11.2 Å². The third-order valence-corrected chi connectivity index (χ3v) is 4.70. The Hall–Kier alpha value is -1.60. The SMILES string of the molecule is COc1ccc(CCNC(=O)CSc2nnc(C)s2)cc1. The summed E-state index contributed by atoms with van der Waals surface area (Å²) in [5.74, 6) is 1.23. The normalized spacial score (nSPS) is 10.4. The Morgan fingerprint density at radius 1 is 1.33 bits per heavy atom. The highest BCUT2D eigenvalue weighted by Crippen LogP contribution is 2.21. The molecule has 2 aromatic rings. The minimum absolute atomic E-state index is 0.0152. The molecule has 0 aliphatic heterocycles. The van der Waals surface area contributed by atoms with Crippen molar-refractivity contribution >= 4 is 29.0 Å². The Labute approximate surface area is 132 Å². The number of aromatic nitrogens is 2. The maximum Gasteiger partial charge on any atom is 0.230 e. The molecule has 2 rings (SSSR count). The zero-order chi connectivity index (χ0) is 15.1. The summed E-state index contributed by atoms with van der Waals surface area (Å²) in [6, 6.07) is 7.85. The van der Waals surface area contributed by atoms with E-state index in [2.05, 4.69) is 15.5 Å². The summed E-state index contributed by atoms with van der Waals surface area (Å²) in [6.45, 7) is 2.53. The molecule has 1 N–H and O–H groups in total. The van der Waals surface area contributed by atoms with Crippen LogP contribution in [0, 0.1) is 6.92 Å². The number of nitrogens with one attached hydrogen (secondary N) is 1. The van der Waals surface area contributed by atoms with Crippen LogP contribution < -0.4 is 10.1 Å². The second-order valence-electron chi connectivity index (χ2n) is 4.32. The van der Waals surface area contributed by atoms with Gasteiger partial charge in [-0.3, -0.25) is 4.79 Å². The molecule has 0 aliphatic rings. The third-order valence-electron chi connectivity index (χ3n) is 2.73. The third kappa shape index (κ3) is 5.35. The van der Waals surface area contributed by atoms with E-state index in [0.29, 0.717) is 12.3 Å². The fourth-order valence-electron chi connectivity index (χ4n) is 1.65. The number of ether oxygens (including phenoxy) is 1. The van der Waals surface area contributed by atoms with E-state index in [-0.39, 0.29) is 5.91 Å². The first-order chi connectivity index (χ1) is 10.2. The maximum atomic E-state index is 11.7. The number of benzene rings is 1. The molecule has 21 heavy (non-hydrogen) atoms. The summed E-state index contributed by atoms with van der Waals surface area (Å²) in [5.41, 5.74) is 1.17. The number of amides is 1. The number of carbonyl (C=O) groups excluding carboxylic acids is 1. The first-order valence-corrected chi connectivity index (χ1v) is 8.30. The van der Waals surface area contributed by atoms with Gasteiger partial charge in [-0.1, -0.05) is 35.2 Å². The molecule has 7 heteroatoms. The average molecular weight is 323 g/mol. The summed E-state index contributed by atoms with van der Waals surface area (Å²) >= 11 is 2.92. The monoisotopic (exact) mass is 323 g/mol. The fraction of sp³-hybridized carbons (Fsp3) is 0.357. The van der Waals surface area contributed by atoms with Gasteiger partial charge >= 0.3 is 0 Å². The van der Waals surface area contributed by atoms with Gasteiger partial charge in [0.15, 0.2) is 4.34 Å². The number of rotatable bonds is 7. The number of nitrogens with zero attached hydrogens (tertiary/aromatic N) is 2. The molecule has 0 spiro atoms. The second-order valence-corrected chi connectivity index (χ2v) is 6.73. The van der Waals surface area contributed by atoms with E-state index in [4.69, 9.17) is 4.74 Å². The van der Waals surface area contributed by atoms with E-state index >= 15 is 0 Å². The molecular weight excluding hydrogens is 306 g/mol. The Morgan fingerprint density at radius 3 is 2.71 bits per heavy atom. The summed E-state index contributed by atoms with van der Waals surface area (Å²) in [5, 5.41) is 11.7. The molecule has 1 aromatic carbocycles. The first-order valence-electron chi connectivity index (χ1n) is 6.50. The zero-order valence-electron chi connectivity index (χ0n) is 12.0. The van der Waals surface area contributed by atoms with E-state index in [1.165, 1.54) is 28.7 Å². The Kier molecular flexibility index (Phi) is 6.01. The highest BCUT2D eigenvalue weighted by Gasteiger charge is 2.06. The van der Waals surface area contributed by atoms with Crippen LogP contribution in [0.4, 0.5) is 0 Å². The van der Waals surface area contributed by atoms with Crippen LogP contribution in [0.2, 0.25) is 0 Å². The molecule has 0 atom stereocenters. The highest BCUT2D eigenvalue weighted by atomic mass is 32.2. The number of carbonyl (C=O) groups is 1. The Bertz CT molecular complexity index is 584. The number of hydrogen-bond acceptors (Lipinski definition) is 6. The van der Waals surface area contributed by atoms with Crippen LogP contribution in [0.5, 0.6) is 5.75 Å². The number of aryl methyl sites for hydroxylation is 1. The quantitative estimate of drug-likeness (QED) is 0.792. The molecule has 112 valence electrons. The van der Waals surface area contributed by atoms with Gasteiger partial charge in [-0.05, 0) is 31.0 Å². The van der Waals surface area contributed by atoms with Crippen molar-refractivity contribution in [3.8, 4) is 5.75 Å². The predicted octanol–water partition coefficient (Wildman–Crippen LogP) is 2.31. The van der Waals surface area contributed by atoms with E-state index in [9.17, 15) is 4.79 Å². The highest BCUT2D eigenvalue weighted by molar-refractivity contribution is 8.01. The smallest absolute Gasteiger partial charge is 0.230 e. The Morgan fingerprint density at radius 2 is 2.10 bits per heavy atom. The Balaban J connectivity index is 1.66. The predicted molar refractivity (Wildman–Crippen MR) is 85.1 cm³/mol. The molecule has 0 saturated heterocycles. The largest absolute Gasteiger partial charge is 0.497 e. The summed E-state index contributed by atoms with van der Waals surface area (Å²) in [4.78, 5) is 11.7. The summed E-state index contributed by atoms with van der Waals surface area (Å²) in [7, 11) is 1.65. The maximum absolute atomic E-state index is 11.7. The van der Waals surface area contributed by atoms with Gasteiger partial charge in [0.05, 0.1) is 12.9 Å². The fourth-order valence-corrected chi connectivity index (χ4v) is 3.30. The molecule has 0 saturated carbocycles. The molecule has 0 aliphatic carbocycles. The van der Waals surface area contributed by atoms with Gasteiger partial charge in [-0.2, -0.15) is 0 Å². The van der Waals surface area contributed by atoms with Crippen molar-refractivity contribution in [2.45, 2.75) is 17.7 Å². The van der Waals surface area contributed by atoms with Crippen molar-refractivity contribution in [1.29, 1.82) is 0 Å². The van der Waals surface area contributed by atoms with Crippen LogP contribution in [0.1, 0.15) is 10.6 Å². The number of thioether (sulfide) groups is 1. The van der Waals surface area contributed by atoms with E-state index in [1.807, 2.05) is 31.2 Å². The van der Waals surface area contributed by atoms with Gasteiger partial charge in [0.1, 0.15) is 10.8 Å². The van der Waals surface area contributed by atoms with Gasteiger partial charge < -0.3 is 10.1 Å². The van der Waals surface area contributed by atoms with Gasteiger partial charge in [-0.15, -0.1) is 10.2 Å². The number of methoxy groups -OCH3 is 1. The lowest BCUT2D eigenvalue weighted by molar-refractivity contribution is -0.118. The molecule has 0 fully saturated rings. The van der Waals surface area contributed by atoms with Crippen molar-refractivity contribution in [1.82, 2.24) is 15.5 Å². The molecule has 1 heterocycles. The topological polar surface area (TPSA) is 64.1 Å². The van der Waals surface area contributed by atoms with Crippen LogP contribution in [0.3, 0.4) is 0 Å². The molecule has 1 amide bonds. The molecular formula is C14H17N3O2S2. The first kappa shape index (κ1) is 15.8. The lowest BCUT2D eigenvalue weighted by Crippen LogP contribution is -2.27. The van der Waals surface area contributed by atoms with Crippen LogP contribution in [-0.4, -0.2) is 35.5 Å². The summed E-state index contributed by atoms with van der Waals surface area (Å²) < 4.78 is 5.94. The minimum Gasteiger partial charge on any atom is -0.497 e. The van der Waals surface area contributed by atoms with Gasteiger partial charge in [0.2, 0.25) is 5.91 Å². The molecule has 0 bridgehead atoms. The van der Waals surface area contributed by atoms with E-state index in [1.54, 1.807) is 7.11 Å². The van der Waals surface area contributed by atoms with Crippen LogP contribution >= 0.6 is 23.1 Å². The zero-order valence-corrected chi connectivity index (χ0v) is 13.6. The van der Waals surface area contributed by atoms with E-state index in [0.717, 1.165) is 21.5 Å². The molecule has 1 aromatic heterocycles. The van der Waals surface area contributed by atoms with Crippen molar-refractivity contribution in [2.24, 2.45) is 0 Å². The van der Waals surface area contributed by atoms with Crippen molar-refractivity contribution < 1.29 is 9.53 Å². The van der Waals surface area contributed by atoms with Gasteiger partial charge in [0, 0.05) is 6.54 Å². The van der Waals surface area contributed by atoms with Gasteiger partial charge in [0.25, 0.3) is 0 Å². The van der Waals surface area contributed by atoms with E-state index < -0.39 is 0 Å². The lowest BCUT2D eigenvalue weighted by atomic mass is 10.1. The standard InChI is InChI=1S/C14H17N3O2S2/c1-10-16-17-14(21-10)20-9-13(18)15-8-7-11-3-5-12(19-2)6-4-11/h3-6H,7-9H2,1-2H3,(H,15,18). The van der Waals surface area contributed by atoms with Crippen molar-refractivity contribution in [3.05, 3.63) is 34.8 Å². The molecule has 0 unspecified atom stereocenters. The summed E-state index contributed by atoms with van der Waals surface area (Å²) in [6.07, 6.45) is 0.804. The average Bonchev–Trinajstić information content (AvgIpc) is 2.91. The lowest BCUT2D eigenvalue weighted by Gasteiger charge is -2.05. The van der Waals surface area contributed by atoms with Crippen LogP contribution in [0.25, 0.3) is 0 Å². The number of hydrogen-bond donors (Lipinski definition) is 1. The molecule has 0 radical (unpaired) electrons. The molecule has 5 nitrogen and oxygen atoms in total. The van der Waals surface area contributed by atoms with Crippen molar-refractivity contribution in [2.75, 3.05) is 19.4 Å². The van der Waals surface area contributed by atoms with Crippen LogP contribution in [0.15, 0.2) is 28.6 Å². The minimum atomic E-state index is 0.0152. The second kappa shape index (κ2) is 7.99. The van der Waals surface area contributed by atoms with Gasteiger partial charge in [-0.25, -0.2) is 0 Å².